The number of hydrogen-bond donors (Lipinski definition) is 2. The van der Waals surface area contributed by atoms with Crippen LogP contribution < -0.4 is 5.73 Å². The third kappa shape index (κ3) is 2.89. The van der Waals surface area contributed by atoms with Gasteiger partial charge in [0, 0.05) is 0 Å². The van der Waals surface area contributed by atoms with Gasteiger partial charge in [-0.15, -0.1) is 0 Å². The summed E-state index contributed by atoms with van der Waals surface area (Å²) in [4.78, 5) is 10.1. The van der Waals surface area contributed by atoms with Crippen LogP contribution in [0.4, 0.5) is 5.69 Å². The molecule has 1 fully saturated rings. The summed E-state index contributed by atoms with van der Waals surface area (Å²) in [5, 5.41) is 0. The van der Waals surface area contributed by atoms with Crippen molar-refractivity contribution in [2.45, 2.75) is 12.6 Å². The average Bonchev–Trinajstić information content (AvgIpc) is 2.22. The molecule has 0 bridgehead atoms. The van der Waals surface area contributed by atoms with E-state index in [0.29, 0.717) is 19.4 Å². The van der Waals surface area contributed by atoms with Crippen molar-refractivity contribution in [3.8, 4) is 0 Å². The second-order valence-electron chi connectivity index (χ2n) is 3.68. The van der Waals surface area contributed by atoms with Gasteiger partial charge in [-0.05, 0) is 0 Å². The van der Waals surface area contributed by atoms with Crippen LogP contribution in [0, 0.1) is 0 Å². The van der Waals surface area contributed by atoms with Crippen molar-refractivity contribution < 1.29 is 13.9 Å². The topological polar surface area (TPSA) is 64.7 Å². The molecule has 84 valence electrons. The maximum atomic E-state index is 10.1. The van der Waals surface area contributed by atoms with E-state index in [0.717, 1.165) is 17.7 Å². The Labute approximate surface area is 89.6 Å². The van der Waals surface area contributed by atoms with Gasteiger partial charge < -0.3 is 0 Å². The van der Waals surface area contributed by atoms with Gasteiger partial charge in [-0.2, -0.15) is 0 Å². The van der Waals surface area contributed by atoms with Gasteiger partial charge in [-0.1, -0.05) is 0 Å². The Hall–Kier alpha value is -0.670. The molecule has 0 aliphatic carbocycles. The fraction of sp³-hybridized carbons (Fsp3) is 0.400. The Kier molecular flexibility index (Phi) is 3.22. The molecule has 0 aromatic heterocycles. The van der Waals surface area contributed by atoms with Crippen LogP contribution in [0.2, 0.25) is 0 Å². The summed E-state index contributed by atoms with van der Waals surface area (Å²) in [7, 11) is -2.94. The molecule has 0 unspecified atom stereocenters. The van der Waals surface area contributed by atoms with Gasteiger partial charge in [0.05, 0.1) is 0 Å². The molecule has 1 aliphatic heterocycles. The first-order valence-corrected chi connectivity index (χ1v) is 7.00. The minimum atomic E-state index is -2.94. The van der Waals surface area contributed by atoms with Crippen LogP contribution in [-0.2, 0) is 15.2 Å². The van der Waals surface area contributed by atoms with Gasteiger partial charge in [-0.3, -0.25) is 0 Å². The number of anilines is 1. The van der Waals surface area contributed by atoms with Gasteiger partial charge >= 0.3 is 88.9 Å². The molecule has 1 aliphatic rings. The van der Waals surface area contributed by atoms with Gasteiger partial charge in [0.2, 0.25) is 0 Å². The molecule has 4 nitrogen and oxygen atoms in total. The van der Waals surface area contributed by atoms with E-state index in [1.165, 1.54) is 0 Å². The molecular weight excluding hydrogens is 213 g/mol. The first-order valence-electron chi connectivity index (χ1n) is 5.03. The molecule has 1 heterocycles. The number of benzene rings is 1. The van der Waals surface area contributed by atoms with Crippen LogP contribution in [0.25, 0.3) is 0 Å². The fourth-order valence-electron chi connectivity index (χ4n) is 1.56. The predicted octanol–water partition coefficient (Wildman–Crippen LogP) is 1.69. The van der Waals surface area contributed by atoms with Crippen molar-refractivity contribution in [2.24, 2.45) is 0 Å². The summed E-state index contributed by atoms with van der Waals surface area (Å²) < 4.78 is 10.7. The van der Waals surface area contributed by atoms with E-state index < -0.39 is 7.94 Å². The van der Waals surface area contributed by atoms with Gasteiger partial charge in [-0.25, -0.2) is 0 Å². The fourth-order valence-corrected chi connectivity index (χ4v) is 3.53. The summed E-state index contributed by atoms with van der Waals surface area (Å²) in [6, 6.07) is 7.41. The normalized spacial score (nSPS) is 22.2. The number of rotatable bonds is 2. The molecule has 1 aromatic rings. The SMILES string of the molecule is Nc1ccc(C[PH]2(O)OCCCO2)cc1. The summed E-state index contributed by atoms with van der Waals surface area (Å²) in [6.07, 6.45) is 1.32. The van der Waals surface area contributed by atoms with Crippen molar-refractivity contribution in [2.75, 3.05) is 18.9 Å². The summed E-state index contributed by atoms with van der Waals surface area (Å²) >= 11 is 0. The molecule has 15 heavy (non-hydrogen) atoms. The number of nitrogens with two attached hydrogens (primary N) is 1. The first kappa shape index (κ1) is 10.8. The Morgan fingerprint density at radius 3 is 2.40 bits per heavy atom. The maximum absolute atomic E-state index is 10.1. The Morgan fingerprint density at radius 1 is 1.20 bits per heavy atom. The zero-order valence-corrected chi connectivity index (χ0v) is 9.48. The summed E-state index contributed by atoms with van der Waals surface area (Å²) in [6.45, 7) is 1.19. The monoisotopic (exact) mass is 229 g/mol. The van der Waals surface area contributed by atoms with E-state index in [-0.39, 0.29) is 0 Å². The first-order chi connectivity index (χ1) is 7.18. The standard InChI is InChI=1S/C10H16NO3P/c11-10-4-2-9(3-5-10)8-15(12)13-6-1-7-14-15/h2-5,12,15H,1,6-8,11H2. The molecule has 2 rings (SSSR count). The Balaban J connectivity index is 2.03. The molecular formula is C10H16NO3P. The molecule has 3 N–H and O–H groups in total. The summed E-state index contributed by atoms with van der Waals surface area (Å²) in [5.74, 6) is 0. The molecule has 1 saturated heterocycles. The van der Waals surface area contributed by atoms with Gasteiger partial charge in [0.25, 0.3) is 0 Å². The van der Waals surface area contributed by atoms with Gasteiger partial charge in [0.15, 0.2) is 0 Å². The molecule has 0 atom stereocenters. The van der Waals surface area contributed by atoms with Crippen LogP contribution >= 0.6 is 7.94 Å². The zero-order valence-electron chi connectivity index (χ0n) is 8.48. The Morgan fingerprint density at radius 2 is 1.80 bits per heavy atom. The predicted molar refractivity (Wildman–Crippen MR) is 61.6 cm³/mol. The van der Waals surface area contributed by atoms with Crippen LogP contribution in [0.3, 0.4) is 0 Å². The van der Waals surface area contributed by atoms with Crippen molar-refractivity contribution >= 4 is 13.6 Å². The number of nitrogen functional groups attached to an aromatic ring is 1. The van der Waals surface area contributed by atoms with Gasteiger partial charge in [0.1, 0.15) is 0 Å². The second kappa shape index (κ2) is 4.45. The van der Waals surface area contributed by atoms with Crippen LogP contribution in [0.1, 0.15) is 12.0 Å². The van der Waals surface area contributed by atoms with Crippen molar-refractivity contribution in [1.82, 2.24) is 0 Å². The van der Waals surface area contributed by atoms with E-state index in [2.05, 4.69) is 0 Å². The van der Waals surface area contributed by atoms with E-state index in [1.54, 1.807) is 0 Å². The molecule has 0 radical (unpaired) electrons. The van der Waals surface area contributed by atoms with E-state index in [9.17, 15) is 4.89 Å². The molecule has 0 spiro atoms. The van der Waals surface area contributed by atoms with E-state index in [4.69, 9.17) is 14.8 Å². The molecule has 0 amide bonds. The second-order valence-corrected chi connectivity index (χ2v) is 6.04. The average molecular weight is 229 g/mol. The quantitative estimate of drug-likeness (QED) is 0.598. The third-order valence-corrected chi connectivity index (χ3v) is 4.52. The molecule has 5 heteroatoms. The van der Waals surface area contributed by atoms with E-state index >= 15 is 0 Å². The van der Waals surface area contributed by atoms with Crippen molar-refractivity contribution in [3.05, 3.63) is 29.8 Å². The van der Waals surface area contributed by atoms with Crippen LogP contribution in [0.5, 0.6) is 0 Å². The van der Waals surface area contributed by atoms with Crippen molar-refractivity contribution in [1.29, 1.82) is 0 Å². The summed E-state index contributed by atoms with van der Waals surface area (Å²) in [5.41, 5.74) is 7.30. The zero-order chi connectivity index (χ0) is 10.7. The van der Waals surface area contributed by atoms with Crippen LogP contribution in [0.15, 0.2) is 24.3 Å². The van der Waals surface area contributed by atoms with Crippen LogP contribution in [-0.4, -0.2) is 18.1 Å². The molecule has 0 saturated carbocycles. The number of hydrogen-bond acceptors (Lipinski definition) is 4. The van der Waals surface area contributed by atoms with Crippen molar-refractivity contribution in [3.63, 3.8) is 0 Å². The Bertz CT molecular complexity index is 322. The molecule has 1 aromatic carbocycles. The third-order valence-electron chi connectivity index (χ3n) is 2.35. The minimum absolute atomic E-state index is 0.466. The van der Waals surface area contributed by atoms with E-state index in [1.807, 2.05) is 24.3 Å².